The molecule has 2 heterocycles. The molecule has 0 spiro atoms. The van der Waals surface area contributed by atoms with E-state index >= 15 is 0 Å². The van der Waals surface area contributed by atoms with Crippen LogP contribution < -0.4 is 0 Å². The molecular weight excluding hydrogens is 240 g/mol. The number of aryl methyl sites for hydroxylation is 1. The summed E-state index contributed by atoms with van der Waals surface area (Å²) in [5.41, 5.74) is -0.644. The Labute approximate surface area is 115 Å². The van der Waals surface area contributed by atoms with Crippen LogP contribution in [0.1, 0.15) is 51.8 Å². The van der Waals surface area contributed by atoms with Gasteiger partial charge in [-0.15, -0.1) is 0 Å². The Hall–Kier alpha value is -0.870. The maximum Gasteiger partial charge on any atom is 0.111 e. The van der Waals surface area contributed by atoms with Crippen molar-refractivity contribution in [3.05, 3.63) is 18.2 Å². The lowest BCUT2D eigenvalue weighted by Crippen LogP contribution is -2.43. The molecule has 2 atom stereocenters. The zero-order chi connectivity index (χ0) is 13.7. The molecule has 1 N–H and O–H groups in total. The number of hydrogen-bond donors (Lipinski definition) is 1. The van der Waals surface area contributed by atoms with E-state index in [1.165, 1.54) is 0 Å². The quantitative estimate of drug-likeness (QED) is 0.860. The predicted octanol–water partition coefficient (Wildman–Crippen LogP) is 2.55. The van der Waals surface area contributed by atoms with Crippen LogP contribution in [0.25, 0.3) is 0 Å². The van der Waals surface area contributed by atoms with Gasteiger partial charge in [-0.1, -0.05) is 20.3 Å². The van der Waals surface area contributed by atoms with Crippen molar-refractivity contribution >= 4 is 0 Å². The molecule has 1 fully saturated rings. The maximum atomic E-state index is 10.8. The van der Waals surface area contributed by atoms with Gasteiger partial charge in [0.1, 0.15) is 5.82 Å². The highest BCUT2D eigenvalue weighted by atomic mass is 16.5. The second-order valence-corrected chi connectivity index (χ2v) is 5.67. The number of hydrogen-bond acceptors (Lipinski definition) is 3. The first-order chi connectivity index (χ1) is 9.17. The van der Waals surface area contributed by atoms with Gasteiger partial charge in [0.25, 0.3) is 0 Å². The highest BCUT2D eigenvalue weighted by Crippen LogP contribution is 2.30. The van der Waals surface area contributed by atoms with Gasteiger partial charge < -0.3 is 14.4 Å². The molecule has 0 amide bonds. The molecule has 0 aliphatic carbocycles. The van der Waals surface area contributed by atoms with Crippen molar-refractivity contribution < 1.29 is 9.84 Å². The summed E-state index contributed by atoms with van der Waals surface area (Å²) in [5.74, 6) is 1.00. The Balaban J connectivity index is 2.01. The summed E-state index contributed by atoms with van der Waals surface area (Å²) in [7, 11) is 0. The lowest BCUT2D eigenvalue weighted by molar-refractivity contribution is -0.106. The summed E-state index contributed by atoms with van der Waals surface area (Å²) in [6.07, 6.45) is 9.36. The van der Waals surface area contributed by atoms with Crippen molar-refractivity contribution in [2.45, 2.75) is 70.6 Å². The third-order valence-electron chi connectivity index (χ3n) is 3.89. The molecule has 1 aliphatic rings. The van der Waals surface area contributed by atoms with Crippen LogP contribution in [0.2, 0.25) is 0 Å². The van der Waals surface area contributed by atoms with Gasteiger partial charge in [-0.25, -0.2) is 4.98 Å². The third-order valence-corrected chi connectivity index (χ3v) is 3.89. The minimum Gasteiger partial charge on any atom is -0.389 e. The zero-order valence-corrected chi connectivity index (χ0v) is 12.1. The van der Waals surface area contributed by atoms with E-state index in [2.05, 4.69) is 23.4 Å². The predicted molar refractivity (Wildman–Crippen MR) is 75.1 cm³/mol. The summed E-state index contributed by atoms with van der Waals surface area (Å²) in [6.45, 7) is 5.95. The van der Waals surface area contributed by atoms with Crippen LogP contribution in [0.15, 0.2) is 12.4 Å². The smallest absolute Gasteiger partial charge is 0.111 e. The molecular formula is C15H26N2O2. The molecule has 1 aromatic heterocycles. The molecule has 0 bridgehead atoms. The maximum absolute atomic E-state index is 10.8. The summed E-state index contributed by atoms with van der Waals surface area (Å²) in [6, 6.07) is 0. The summed E-state index contributed by atoms with van der Waals surface area (Å²) < 4.78 is 7.88. The van der Waals surface area contributed by atoms with E-state index in [1.54, 1.807) is 0 Å². The molecule has 0 aromatic carbocycles. The highest BCUT2D eigenvalue weighted by molar-refractivity contribution is 5.00. The Morgan fingerprint density at radius 1 is 1.47 bits per heavy atom. The number of rotatable bonds is 6. The number of aromatic nitrogens is 2. The molecule has 1 saturated heterocycles. The Morgan fingerprint density at radius 3 is 3.05 bits per heavy atom. The molecule has 19 heavy (non-hydrogen) atoms. The van der Waals surface area contributed by atoms with E-state index in [-0.39, 0.29) is 6.10 Å². The minimum absolute atomic E-state index is 0.207. The molecule has 2 unspecified atom stereocenters. The Morgan fingerprint density at radius 2 is 2.32 bits per heavy atom. The van der Waals surface area contributed by atoms with Crippen LogP contribution in [0, 0.1) is 0 Å². The number of ether oxygens (including phenoxy) is 1. The largest absolute Gasteiger partial charge is 0.389 e. The summed E-state index contributed by atoms with van der Waals surface area (Å²) >= 11 is 0. The van der Waals surface area contributed by atoms with Gasteiger partial charge in [-0.3, -0.25) is 0 Å². The third kappa shape index (κ3) is 3.80. The fraction of sp³-hybridized carbons (Fsp3) is 0.800. The lowest BCUT2D eigenvalue weighted by atomic mass is 9.86. The standard InChI is InChI=1S/C15H26N2O2/c1-3-5-13-11-15(18,6-10-19-13)12-14-16-7-9-17(14)8-4-2/h7,9,13,18H,3-6,8,10-12H2,1-2H3. The average molecular weight is 266 g/mol. The van der Waals surface area contributed by atoms with Gasteiger partial charge in [-0.2, -0.15) is 0 Å². The number of nitrogens with zero attached hydrogens (tertiary/aromatic N) is 2. The fourth-order valence-corrected chi connectivity index (χ4v) is 2.91. The molecule has 1 aromatic rings. The monoisotopic (exact) mass is 266 g/mol. The van der Waals surface area contributed by atoms with E-state index in [0.717, 1.165) is 38.1 Å². The van der Waals surface area contributed by atoms with Crippen molar-refractivity contribution in [2.24, 2.45) is 0 Å². The SMILES string of the molecule is CCCC1CC(O)(Cc2nccn2CCC)CCO1. The van der Waals surface area contributed by atoms with Crippen molar-refractivity contribution in [1.82, 2.24) is 9.55 Å². The molecule has 4 heteroatoms. The minimum atomic E-state index is -0.644. The fourth-order valence-electron chi connectivity index (χ4n) is 2.91. The normalized spacial score (nSPS) is 27.6. The molecule has 0 saturated carbocycles. The van der Waals surface area contributed by atoms with Crippen LogP contribution in [0.3, 0.4) is 0 Å². The van der Waals surface area contributed by atoms with E-state index in [4.69, 9.17) is 4.74 Å². The zero-order valence-electron chi connectivity index (χ0n) is 12.1. The first kappa shape index (κ1) is 14.5. The number of imidazole rings is 1. The molecule has 0 radical (unpaired) electrons. The highest BCUT2D eigenvalue weighted by Gasteiger charge is 2.35. The van der Waals surface area contributed by atoms with Crippen molar-refractivity contribution in [1.29, 1.82) is 0 Å². The van der Waals surface area contributed by atoms with Gasteiger partial charge in [-0.05, 0) is 12.8 Å². The van der Waals surface area contributed by atoms with Crippen LogP contribution in [-0.4, -0.2) is 33.0 Å². The Bertz CT molecular complexity index is 389. The molecule has 4 nitrogen and oxygen atoms in total. The second-order valence-electron chi connectivity index (χ2n) is 5.67. The van der Waals surface area contributed by atoms with Crippen molar-refractivity contribution in [3.63, 3.8) is 0 Å². The van der Waals surface area contributed by atoms with Crippen molar-refractivity contribution in [3.8, 4) is 0 Å². The topological polar surface area (TPSA) is 47.3 Å². The van der Waals surface area contributed by atoms with Crippen LogP contribution in [0.4, 0.5) is 0 Å². The van der Waals surface area contributed by atoms with Gasteiger partial charge in [0.2, 0.25) is 0 Å². The van der Waals surface area contributed by atoms with Gasteiger partial charge in [0, 0.05) is 44.8 Å². The molecule has 108 valence electrons. The Kier molecular flexibility index (Phi) is 4.99. The first-order valence-corrected chi connectivity index (χ1v) is 7.51. The van der Waals surface area contributed by atoms with Gasteiger partial charge in [0.05, 0.1) is 11.7 Å². The first-order valence-electron chi connectivity index (χ1n) is 7.51. The summed E-state index contributed by atoms with van der Waals surface area (Å²) in [5, 5.41) is 10.8. The summed E-state index contributed by atoms with van der Waals surface area (Å²) in [4.78, 5) is 4.41. The van der Waals surface area contributed by atoms with Gasteiger partial charge >= 0.3 is 0 Å². The van der Waals surface area contributed by atoms with Gasteiger partial charge in [0.15, 0.2) is 0 Å². The van der Waals surface area contributed by atoms with E-state index in [9.17, 15) is 5.11 Å². The van der Waals surface area contributed by atoms with Crippen LogP contribution in [-0.2, 0) is 17.7 Å². The molecule has 1 aliphatic heterocycles. The van der Waals surface area contributed by atoms with E-state index in [1.807, 2.05) is 12.4 Å². The van der Waals surface area contributed by atoms with Crippen molar-refractivity contribution in [2.75, 3.05) is 6.61 Å². The van der Waals surface area contributed by atoms with Crippen LogP contribution >= 0.6 is 0 Å². The van der Waals surface area contributed by atoms with E-state index < -0.39 is 5.60 Å². The van der Waals surface area contributed by atoms with Crippen LogP contribution in [0.5, 0.6) is 0 Å². The lowest BCUT2D eigenvalue weighted by Gasteiger charge is -2.36. The second kappa shape index (κ2) is 6.53. The number of aliphatic hydroxyl groups is 1. The molecule has 2 rings (SSSR count). The average Bonchev–Trinajstić information content (AvgIpc) is 2.77. The van der Waals surface area contributed by atoms with E-state index in [0.29, 0.717) is 19.4 Å².